The average Bonchev–Trinajstić information content (AvgIpc) is 3.17. The first-order chi connectivity index (χ1) is 19.7. The Morgan fingerprint density at radius 1 is 1.15 bits per heavy atom. The van der Waals surface area contributed by atoms with E-state index >= 15 is 0 Å². The third-order valence-electron chi connectivity index (χ3n) is 7.04. The van der Waals surface area contributed by atoms with Crippen LogP contribution in [0.2, 0.25) is 0 Å². The number of ether oxygens (including phenoxy) is 1. The zero-order valence-electron chi connectivity index (χ0n) is 24.0. The van der Waals surface area contributed by atoms with E-state index in [2.05, 4.69) is 66.7 Å². The zero-order chi connectivity index (χ0) is 29.1. The van der Waals surface area contributed by atoms with Crippen LogP contribution in [0.3, 0.4) is 0 Å². The predicted octanol–water partition coefficient (Wildman–Crippen LogP) is 5.68. The maximum absolute atomic E-state index is 13.4. The zero-order valence-corrected chi connectivity index (χ0v) is 26.5. The fourth-order valence-corrected chi connectivity index (χ4v) is 6.92. The van der Waals surface area contributed by atoms with E-state index in [1.54, 1.807) is 32.8 Å². The molecular formula is C29H36BrN8O2P. The van der Waals surface area contributed by atoms with Gasteiger partial charge in [0.1, 0.15) is 24.5 Å². The first-order valence-electron chi connectivity index (χ1n) is 13.7. The minimum Gasteiger partial charge on any atom is -0.479 e. The Labute approximate surface area is 249 Å². The highest BCUT2D eigenvalue weighted by Crippen LogP contribution is 2.41. The number of benzene rings is 1. The smallest absolute Gasteiger partial charge is 0.239 e. The molecule has 1 atom stereocenters. The van der Waals surface area contributed by atoms with Crippen LogP contribution in [0.5, 0.6) is 5.88 Å². The lowest BCUT2D eigenvalue weighted by atomic mass is 10.1. The molecule has 3 aromatic heterocycles. The molecule has 0 saturated carbocycles. The van der Waals surface area contributed by atoms with Gasteiger partial charge in [0.15, 0.2) is 0 Å². The molecule has 1 aliphatic heterocycles. The summed E-state index contributed by atoms with van der Waals surface area (Å²) in [5, 5.41) is 11.8. The highest BCUT2D eigenvalue weighted by atomic mass is 79.9. The number of nitrogens with one attached hydrogen (secondary N) is 3. The second-order valence-electron chi connectivity index (χ2n) is 10.6. The molecule has 0 amide bonds. The van der Waals surface area contributed by atoms with E-state index in [-0.39, 0.29) is 0 Å². The summed E-state index contributed by atoms with van der Waals surface area (Å²) >= 11 is 3.56. The number of nitrogens with zero attached hydrogens (tertiary/aromatic N) is 5. The number of hydrogen-bond donors (Lipinski definition) is 3. The van der Waals surface area contributed by atoms with Crippen molar-refractivity contribution in [1.82, 2.24) is 25.3 Å². The number of aromatic nitrogens is 4. The summed E-state index contributed by atoms with van der Waals surface area (Å²) in [7, 11) is -1.05. The summed E-state index contributed by atoms with van der Waals surface area (Å²) in [4.78, 5) is 21.1. The Morgan fingerprint density at radius 3 is 2.71 bits per heavy atom. The molecule has 4 heterocycles. The van der Waals surface area contributed by atoms with Crippen molar-refractivity contribution in [3.05, 3.63) is 52.8 Å². The maximum atomic E-state index is 13.4. The van der Waals surface area contributed by atoms with E-state index in [1.807, 2.05) is 24.3 Å². The van der Waals surface area contributed by atoms with Crippen molar-refractivity contribution in [3.63, 3.8) is 0 Å². The summed E-state index contributed by atoms with van der Waals surface area (Å²) in [6.07, 6.45) is 5.25. The van der Waals surface area contributed by atoms with Crippen LogP contribution in [-0.4, -0.2) is 66.1 Å². The highest BCUT2D eigenvalue weighted by molar-refractivity contribution is 9.10. The van der Waals surface area contributed by atoms with E-state index in [0.717, 1.165) is 60.1 Å². The molecule has 0 unspecified atom stereocenters. The molecule has 10 nitrogen and oxygen atoms in total. The van der Waals surface area contributed by atoms with Crippen LogP contribution >= 0.6 is 23.1 Å². The van der Waals surface area contributed by atoms with Crippen molar-refractivity contribution in [1.29, 1.82) is 0 Å². The number of rotatable bonds is 8. The fourth-order valence-electron chi connectivity index (χ4n) is 5.17. The van der Waals surface area contributed by atoms with Crippen LogP contribution < -0.4 is 30.9 Å². The number of hydrogen-bond acceptors (Lipinski definition) is 10. The summed E-state index contributed by atoms with van der Waals surface area (Å²) in [5.74, 6) is 2.30. The van der Waals surface area contributed by atoms with E-state index in [4.69, 9.17) is 14.7 Å². The van der Waals surface area contributed by atoms with Gasteiger partial charge in [0.25, 0.3) is 0 Å². The Morgan fingerprint density at radius 2 is 1.95 bits per heavy atom. The SMILES string of the molecule is CCc1cc(Nc2ncc(Br)c(Nc3cnc4ccccc4c3P(C)(C)=O)n2)c(OC)nc1N1CCCN[C@@H](C)C1. The first kappa shape index (κ1) is 29.2. The number of aryl methyl sites for hydroxylation is 1. The van der Waals surface area contributed by atoms with Gasteiger partial charge < -0.3 is 30.2 Å². The number of fused-ring (bicyclic) bond motifs is 1. The van der Waals surface area contributed by atoms with Gasteiger partial charge in [-0.05, 0) is 73.3 Å². The number of para-hydroxylation sites is 1. The molecule has 12 heteroatoms. The molecule has 1 aliphatic rings. The minimum absolute atomic E-state index is 0.365. The summed E-state index contributed by atoms with van der Waals surface area (Å²) in [6.45, 7) is 10.7. The van der Waals surface area contributed by atoms with E-state index in [9.17, 15) is 4.57 Å². The minimum atomic E-state index is -2.67. The van der Waals surface area contributed by atoms with Gasteiger partial charge >= 0.3 is 0 Å². The molecule has 1 fully saturated rings. The normalized spacial score (nSPS) is 16.0. The molecule has 0 radical (unpaired) electrons. The van der Waals surface area contributed by atoms with Gasteiger partial charge in [-0.25, -0.2) is 4.98 Å². The summed E-state index contributed by atoms with van der Waals surface area (Å²) in [6, 6.07) is 10.2. The molecule has 41 heavy (non-hydrogen) atoms. The van der Waals surface area contributed by atoms with Crippen LogP contribution in [-0.2, 0) is 11.0 Å². The van der Waals surface area contributed by atoms with Gasteiger partial charge in [0.05, 0.1) is 29.0 Å². The van der Waals surface area contributed by atoms with E-state index in [0.29, 0.717) is 39.5 Å². The van der Waals surface area contributed by atoms with E-state index in [1.165, 1.54) is 0 Å². The molecule has 5 rings (SSSR count). The van der Waals surface area contributed by atoms with Crippen LogP contribution in [0, 0.1) is 0 Å². The lowest BCUT2D eigenvalue weighted by Crippen LogP contribution is -2.36. The molecule has 216 valence electrons. The maximum Gasteiger partial charge on any atom is 0.239 e. The van der Waals surface area contributed by atoms with Crippen LogP contribution in [0.4, 0.5) is 29.0 Å². The quantitative estimate of drug-likeness (QED) is 0.208. The van der Waals surface area contributed by atoms with Crippen molar-refractivity contribution in [2.24, 2.45) is 0 Å². The van der Waals surface area contributed by atoms with Gasteiger partial charge in [0.2, 0.25) is 11.8 Å². The second-order valence-corrected chi connectivity index (χ2v) is 14.6. The molecule has 3 N–H and O–H groups in total. The van der Waals surface area contributed by atoms with Gasteiger partial charge in [0, 0.05) is 36.0 Å². The van der Waals surface area contributed by atoms with Crippen LogP contribution in [0.1, 0.15) is 25.8 Å². The third kappa shape index (κ3) is 6.47. The van der Waals surface area contributed by atoms with Crippen LogP contribution in [0.15, 0.2) is 47.2 Å². The Hall–Kier alpha value is -3.27. The Bertz CT molecular complexity index is 1610. The molecule has 1 saturated heterocycles. The lowest BCUT2D eigenvalue weighted by Gasteiger charge is -2.27. The molecule has 1 aromatic carbocycles. The van der Waals surface area contributed by atoms with E-state index < -0.39 is 7.14 Å². The number of methoxy groups -OCH3 is 1. The fraction of sp³-hybridized carbons (Fsp3) is 0.379. The summed E-state index contributed by atoms with van der Waals surface area (Å²) in [5.41, 5.74) is 3.23. The topological polar surface area (TPSA) is 117 Å². The first-order valence-corrected chi connectivity index (χ1v) is 17.1. The highest BCUT2D eigenvalue weighted by Gasteiger charge is 2.23. The van der Waals surface area contributed by atoms with Gasteiger partial charge in [-0.1, -0.05) is 25.1 Å². The largest absolute Gasteiger partial charge is 0.479 e. The van der Waals surface area contributed by atoms with Crippen molar-refractivity contribution in [3.8, 4) is 5.88 Å². The average molecular weight is 640 g/mol. The van der Waals surface area contributed by atoms with Crippen molar-refractivity contribution < 1.29 is 9.30 Å². The second kappa shape index (κ2) is 12.3. The van der Waals surface area contributed by atoms with Crippen molar-refractivity contribution in [2.75, 3.05) is 55.6 Å². The molecule has 4 aromatic rings. The predicted molar refractivity (Wildman–Crippen MR) is 172 cm³/mol. The Kier molecular flexibility index (Phi) is 8.77. The number of anilines is 5. The third-order valence-corrected chi connectivity index (χ3v) is 9.18. The van der Waals surface area contributed by atoms with Crippen molar-refractivity contribution >= 4 is 68.2 Å². The summed E-state index contributed by atoms with van der Waals surface area (Å²) < 4.78 is 19.8. The number of pyridine rings is 2. The Balaban J connectivity index is 1.48. The molecule has 0 aliphatic carbocycles. The van der Waals surface area contributed by atoms with Gasteiger partial charge in [-0.15, -0.1) is 0 Å². The van der Waals surface area contributed by atoms with Crippen LogP contribution in [0.25, 0.3) is 10.9 Å². The molecule has 0 spiro atoms. The number of halogens is 1. The standard InChI is InChI=1S/C29H36BrN8O2P/c1-6-19-14-23(28(40-3)37-27(19)38-13-9-12-31-18(2)17-38)35-29-33-15-21(30)26(36-29)34-24-16-32-22-11-8-7-10-20(22)25(24)41(4,5)39/h7-8,10-11,14-16,18,31H,6,9,12-13,17H2,1-5H3,(H2,33,34,35,36)/t18-/m0/s1. The lowest BCUT2D eigenvalue weighted by molar-refractivity contribution is 0.399. The molecule has 0 bridgehead atoms. The van der Waals surface area contributed by atoms with Gasteiger partial charge in [-0.2, -0.15) is 9.97 Å². The van der Waals surface area contributed by atoms with Crippen molar-refractivity contribution in [2.45, 2.75) is 32.7 Å². The monoisotopic (exact) mass is 638 g/mol. The molecular weight excluding hydrogens is 603 g/mol. The van der Waals surface area contributed by atoms with Gasteiger partial charge in [-0.3, -0.25) is 4.98 Å².